The molecule has 1 heterocycles. The first-order valence-corrected chi connectivity index (χ1v) is 7.51. The molecule has 1 N–H and O–H groups in total. The predicted octanol–water partition coefficient (Wildman–Crippen LogP) is 3.49. The Morgan fingerprint density at radius 2 is 2.00 bits per heavy atom. The molecule has 0 amide bonds. The van der Waals surface area contributed by atoms with Crippen LogP contribution in [0.15, 0.2) is 30.5 Å². The van der Waals surface area contributed by atoms with E-state index in [-0.39, 0.29) is 12.1 Å². The summed E-state index contributed by atoms with van der Waals surface area (Å²) < 4.78 is 1.98. The Hall–Kier alpha value is -1.52. The second-order valence-electron chi connectivity index (χ2n) is 5.63. The standard InChI is InChI=1S/C16H23ClN4/c1-11(2)21-16(14(17)10-19-21)15(18-3)12-7-6-8-13(9-12)20(4)5/h6-11,15,18H,1-5H3. The third-order valence-corrected chi connectivity index (χ3v) is 3.85. The monoisotopic (exact) mass is 306 g/mol. The van der Waals surface area contributed by atoms with Gasteiger partial charge in [0, 0.05) is 25.8 Å². The summed E-state index contributed by atoms with van der Waals surface area (Å²) in [5.41, 5.74) is 3.34. The minimum atomic E-state index is 0.0160. The van der Waals surface area contributed by atoms with Gasteiger partial charge in [-0.1, -0.05) is 23.7 Å². The minimum Gasteiger partial charge on any atom is -0.378 e. The topological polar surface area (TPSA) is 33.1 Å². The predicted molar refractivity (Wildman–Crippen MR) is 89.3 cm³/mol. The highest BCUT2D eigenvalue weighted by atomic mass is 35.5. The average molecular weight is 307 g/mol. The molecule has 0 spiro atoms. The summed E-state index contributed by atoms with van der Waals surface area (Å²) in [4.78, 5) is 2.09. The summed E-state index contributed by atoms with van der Waals surface area (Å²) in [6.45, 7) is 4.21. The molecule has 2 rings (SSSR count). The number of rotatable bonds is 5. The van der Waals surface area contributed by atoms with Crippen molar-refractivity contribution >= 4 is 17.3 Å². The Morgan fingerprint density at radius 3 is 2.57 bits per heavy atom. The molecule has 4 nitrogen and oxygen atoms in total. The zero-order chi connectivity index (χ0) is 15.6. The number of anilines is 1. The van der Waals surface area contributed by atoms with Crippen molar-refractivity contribution in [3.05, 3.63) is 46.7 Å². The van der Waals surface area contributed by atoms with Gasteiger partial charge in [0.25, 0.3) is 0 Å². The van der Waals surface area contributed by atoms with E-state index in [1.54, 1.807) is 6.20 Å². The van der Waals surface area contributed by atoms with Crippen molar-refractivity contribution in [1.29, 1.82) is 0 Å². The Kier molecular flexibility index (Phi) is 4.91. The van der Waals surface area contributed by atoms with Crippen molar-refractivity contribution in [2.45, 2.75) is 25.9 Å². The van der Waals surface area contributed by atoms with Gasteiger partial charge in [-0.2, -0.15) is 5.10 Å². The third kappa shape index (κ3) is 3.22. The van der Waals surface area contributed by atoms with Crippen LogP contribution in [-0.4, -0.2) is 30.9 Å². The van der Waals surface area contributed by atoms with Crippen molar-refractivity contribution in [2.24, 2.45) is 0 Å². The van der Waals surface area contributed by atoms with Crippen LogP contribution in [-0.2, 0) is 0 Å². The fourth-order valence-corrected chi connectivity index (χ4v) is 2.72. The molecular weight excluding hydrogens is 284 g/mol. The van der Waals surface area contributed by atoms with Gasteiger partial charge in [0.15, 0.2) is 0 Å². The van der Waals surface area contributed by atoms with Crippen LogP contribution in [0.5, 0.6) is 0 Å². The van der Waals surface area contributed by atoms with Gasteiger partial charge in [0.2, 0.25) is 0 Å². The molecule has 0 saturated heterocycles. The van der Waals surface area contributed by atoms with E-state index >= 15 is 0 Å². The molecule has 1 unspecified atom stereocenters. The van der Waals surface area contributed by atoms with E-state index in [1.807, 2.05) is 25.8 Å². The number of benzene rings is 1. The SMILES string of the molecule is CNC(c1cccc(N(C)C)c1)c1c(Cl)cnn1C(C)C. The fraction of sp³-hybridized carbons (Fsp3) is 0.438. The van der Waals surface area contributed by atoms with Crippen LogP contribution in [0.3, 0.4) is 0 Å². The Morgan fingerprint density at radius 1 is 1.29 bits per heavy atom. The van der Waals surface area contributed by atoms with E-state index < -0.39 is 0 Å². The maximum atomic E-state index is 6.38. The van der Waals surface area contributed by atoms with Crippen molar-refractivity contribution in [2.75, 3.05) is 26.0 Å². The van der Waals surface area contributed by atoms with Gasteiger partial charge in [-0.25, -0.2) is 0 Å². The molecule has 0 saturated carbocycles. The van der Waals surface area contributed by atoms with Gasteiger partial charge in [0.05, 0.1) is 23.0 Å². The number of aromatic nitrogens is 2. The van der Waals surface area contributed by atoms with Crippen LogP contribution < -0.4 is 10.2 Å². The zero-order valence-corrected chi connectivity index (χ0v) is 14.0. The van der Waals surface area contributed by atoms with E-state index in [4.69, 9.17) is 11.6 Å². The molecule has 0 fully saturated rings. The van der Waals surface area contributed by atoms with Crippen LogP contribution in [0, 0.1) is 0 Å². The van der Waals surface area contributed by atoms with Crippen LogP contribution >= 0.6 is 11.6 Å². The summed E-state index contributed by atoms with van der Waals surface area (Å²) in [6, 6.07) is 8.73. The number of halogens is 1. The molecule has 1 aromatic heterocycles. The number of hydrogen-bond acceptors (Lipinski definition) is 3. The van der Waals surface area contributed by atoms with Crippen molar-refractivity contribution < 1.29 is 0 Å². The first-order valence-electron chi connectivity index (χ1n) is 7.13. The van der Waals surface area contributed by atoms with E-state index in [9.17, 15) is 0 Å². The molecule has 0 radical (unpaired) electrons. The van der Waals surface area contributed by atoms with Crippen LogP contribution in [0.4, 0.5) is 5.69 Å². The maximum absolute atomic E-state index is 6.38. The molecule has 0 aliphatic heterocycles. The third-order valence-electron chi connectivity index (χ3n) is 3.56. The molecular formula is C16H23ClN4. The van der Waals surface area contributed by atoms with Crippen molar-refractivity contribution in [3.63, 3.8) is 0 Å². The minimum absolute atomic E-state index is 0.0160. The summed E-state index contributed by atoms with van der Waals surface area (Å²) in [5, 5.41) is 8.45. The van der Waals surface area contributed by atoms with E-state index in [1.165, 1.54) is 11.3 Å². The highest BCUT2D eigenvalue weighted by Gasteiger charge is 2.22. The summed E-state index contributed by atoms with van der Waals surface area (Å²) in [7, 11) is 6.03. The summed E-state index contributed by atoms with van der Waals surface area (Å²) in [5.74, 6) is 0. The number of nitrogens with zero attached hydrogens (tertiary/aromatic N) is 3. The molecule has 0 aliphatic carbocycles. The lowest BCUT2D eigenvalue weighted by molar-refractivity contribution is 0.484. The Labute approximate surface area is 131 Å². The molecule has 0 aliphatic rings. The van der Waals surface area contributed by atoms with Gasteiger partial charge < -0.3 is 10.2 Å². The molecule has 5 heteroatoms. The van der Waals surface area contributed by atoms with Gasteiger partial charge in [0.1, 0.15) is 0 Å². The Balaban J connectivity index is 2.50. The van der Waals surface area contributed by atoms with Gasteiger partial charge in [-0.15, -0.1) is 0 Å². The first-order chi connectivity index (χ1) is 9.95. The fourth-order valence-electron chi connectivity index (χ4n) is 2.48. The second-order valence-corrected chi connectivity index (χ2v) is 6.03. The largest absolute Gasteiger partial charge is 0.378 e. The lowest BCUT2D eigenvalue weighted by atomic mass is 10.0. The first kappa shape index (κ1) is 15.9. The normalized spacial score (nSPS) is 12.7. The van der Waals surface area contributed by atoms with E-state index in [0.29, 0.717) is 5.02 Å². The number of nitrogens with one attached hydrogen (secondary N) is 1. The van der Waals surface area contributed by atoms with Gasteiger partial charge >= 0.3 is 0 Å². The van der Waals surface area contributed by atoms with E-state index in [0.717, 1.165) is 5.69 Å². The second kappa shape index (κ2) is 6.50. The summed E-state index contributed by atoms with van der Waals surface area (Å²) >= 11 is 6.38. The number of hydrogen-bond donors (Lipinski definition) is 1. The molecule has 114 valence electrons. The van der Waals surface area contributed by atoms with Gasteiger partial charge in [-0.3, -0.25) is 4.68 Å². The quantitative estimate of drug-likeness (QED) is 0.918. The van der Waals surface area contributed by atoms with Gasteiger partial charge in [-0.05, 0) is 38.6 Å². The van der Waals surface area contributed by atoms with Crippen LogP contribution in [0.2, 0.25) is 5.02 Å². The Bertz CT molecular complexity index is 604. The molecule has 21 heavy (non-hydrogen) atoms. The lowest BCUT2D eigenvalue weighted by Gasteiger charge is -2.22. The lowest BCUT2D eigenvalue weighted by Crippen LogP contribution is -2.23. The average Bonchev–Trinajstić information content (AvgIpc) is 2.82. The molecule has 0 bridgehead atoms. The zero-order valence-electron chi connectivity index (χ0n) is 13.3. The summed E-state index contributed by atoms with van der Waals surface area (Å²) in [6.07, 6.45) is 1.72. The van der Waals surface area contributed by atoms with E-state index in [2.05, 4.69) is 53.4 Å². The maximum Gasteiger partial charge on any atom is 0.0837 e. The molecule has 1 atom stereocenters. The smallest absolute Gasteiger partial charge is 0.0837 e. The highest BCUT2D eigenvalue weighted by molar-refractivity contribution is 6.31. The highest BCUT2D eigenvalue weighted by Crippen LogP contribution is 2.31. The van der Waals surface area contributed by atoms with Crippen LogP contribution in [0.25, 0.3) is 0 Å². The van der Waals surface area contributed by atoms with Crippen LogP contribution in [0.1, 0.15) is 37.2 Å². The molecule has 2 aromatic rings. The van der Waals surface area contributed by atoms with Crippen molar-refractivity contribution in [3.8, 4) is 0 Å². The van der Waals surface area contributed by atoms with Crippen molar-refractivity contribution in [1.82, 2.24) is 15.1 Å². The molecule has 1 aromatic carbocycles.